The summed E-state index contributed by atoms with van der Waals surface area (Å²) in [4.78, 5) is 20.7. The molecular weight excluding hydrogens is 304 g/mol. The zero-order valence-corrected chi connectivity index (χ0v) is 8.47. The van der Waals surface area contributed by atoms with Crippen molar-refractivity contribution in [2.24, 2.45) is 3.50 Å². The van der Waals surface area contributed by atoms with Crippen LogP contribution in [0.3, 0.4) is 0 Å². The summed E-state index contributed by atoms with van der Waals surface area (Å²) < 4.78 is 3.47. The molecule has 1 atom stereocenters. The number of aldehydes is 1. The predicted molar refractivity (Wildman–Crippen MR) is 31.0 cm³/mol. The molecule has 4 nitrogen and oxygen atoms in total. The van der Waals surface area contributed by atoms with Crippen LogP contribution in [-0.2, 0) is 29.2 Å². The van der Waals surface area contributed by atoms with Gasteiger partial charge in [0.2, 0.25) is 0 Å². The molecule has 0 bridgehead atoms. The third-order valence-electron chi connectivity index (χ3n) is 1.03. The van der Waals surface area contributed by atoms with Gasteiger partial charge in [-0.2, -0.15) is 0 Å². The van der Waals surface area contributed by atoms with Gasteiger partial charge >= 0.3 is 69.7 Å². The molecule has 0 aromatic carbocycles. The molecule has 0 saturated carbocycles. The maximum atomic E-state index is 10.6. The zero-order valence-electron chi connectivity index (χ0n) is 5.53. The fourth-order valence-electron chi connectivity index (χ4n) is 0.444. The van der Waals surface area contributed by atoms with Gasteiger partial charge in [0.15, 0.2) is 0 Å². The molecule has 0 rings (SSSR count). The first-order valence-corrected chi connectivity index (χ1v) is 4.04. The topological polar surface area (TPSA) is 58.5 Å². The molecule has 0 aromatic rings. The van der Waals surface area contributed by atoms with Gasteiger partial charge in [-0.25, -0.2) is 0 Å². The summed E-state index contributed by atoms with van der Waals surface area (Å²) in [6.45, 7) is 0. The van der Waals surface area contributed by atoms with Gasteiger partial charge in [-0.3, -0.25) is 0 Å². The summed E-state index contributed by atoms with van der Waals surface area (Å²) >= 11 is 0.876. The molecule has 0 heterocycles. The molecule has 1 amide bonds. The van der Waals surface area contributed by atoms with E-state index >= 15 is 0 Å². The predicted octanol–water partition coefficient (Wildman–Crippen LogP) is -0.580. The van der Waals surface area contributed by atoms with Crippen LogP contribution in [0.5, 0.6) is 0 Å². The molecular formula is C5H8N2O2W. The molecule has 56 valence electrons. The average Bonchev–Trinajstić information content (AvgIpc) is 1.99. The van der Waals surface area contributed by atoms with Crippen LogP contribution in [0.25, 0.3) is 0 Å². The van der Waals surface area contributed by atoms with Crippen LogP contribution in [0.2, 0.25) is 0 Å². The van der Waals surface area contributed by atoms with Crippen molar-refractivity contribution < 1.29 is 29.2 Å². The number of carbonyl (C=O) groups is 2. The summed E-state index contributed by atoms with van der Waals surface area (Å²) in [6, 6.07) is -0.379. The number of hydrogen-bond acceptors (Lipinski definition) is 3. The summed E-state index contributed by atoms with van der Waals surface area (Å²) in [7, 11) is 1.63. The second-order valence-electron chi connectivity index (χ2n) is 1.72. The molecule has 0 saturated heterocycles. The standard InChI is InChI=1S/C5H8N2O2.W/c1-7-4(3-8)2-5(6)9;/h3-4,7H,2H2,1H3;. The fraction of sp³-hybridized carbons (Fsp3) is 0.600. The first kappa shape index (κ1) is 9.79. The monoisotopic (exact) mass is 312 g/mol. The van der Waals surface area contributed by atoms with E-state index in [9.17, 15) is 9.59 Å². The van der Waals surface area contributed by atoms with E-state index in [-0.39, 0.29) is 18.4 Å². The van der Waals surface area contributed by atoms with E-state index in [1.54, 1.807) is 7.05 Å². The molecule has 0 radical (unpaired) electrons. The first-order chi connectivity index (χ1) is 4.74. The van der Waals surface area contributed by atoms with Crippen molar-refractivity contribution in [3.05, 3.63) is 0 Å². The molecule has 1 unspecified atom stereocenters. The van der Waals surface area contributed by atoms with Gasteiger partial charge in [0.1, 0.15) is 0 Å². The van der Waals surface area contributed by atoms with E-state index in [1.165, 1.54) is 0 Å². The second kappa shape index (κ2) is 5.56. The molecule has 0 aromatic heterocycles. The Morgan fingerprint density at radius 1 is 1.90 bits per heavy atom. The van der Waals surface area contributed by atoms with Crippen molar-refractivity contribution in [2.45, 2.75) is 12.5 Å². The molecule has 0 fully saturated rings. The number of rotatable bonds is 4. The number of hydrogen-bond donors (Lipinski definition) is 1. The molecule has 1 N–H and O–H groups in total. The van der Waals surface area contributed by atoms with Crippen LogP contribution in [0.4, 0.5) is 0 Å². The Hall–Kier alpha value is -0.212. The Balaban J connectivity index is 3.73. The van der Waals surface area contributed by atoms with Crippen molar-refractivity contribution >= 4 is 12.2 Å². The molecule has 0 spiro atoms. The van der Waals surface area contributed by atoms with E-state index in [1.807, 2.05) is 0 Å². The summed E-state index contributed by atoms with van der Waals surface area (Å²) in [5, 5.41) is 2.68. The third kappa shape index (κ3) is 3.75. The van der Waals surface area contributed by atoms with Gasteiger partial charge < -0.3 is 0 Å². The Morgan fingerprint density at radius 2 is 2.50 bits per heavy atom. The second-order valence-corrected chi connectivity index (χ2v) is 2.38. The molecule has 0 aliphatic rings. The van der Waals surface area contributed by atoms with Crippen LogP contribution >= 0.6 is 0 Å². The zero-order chi connectivity index (χ0) is 7.98. The Labute approximate surface area is 70.1 Å². The Morgan fingerprint density at radius 3 is 2.80 bits per heavy atom. The van der Waals surface area contributed by atoms with Crippen LogP contribution in [0.1, 0.15) is 6.42 Å². The van der Waals surface area contributed by atoms with E-state index in [0.29, 0.717) is 6.29 Å². The summed E-state index contributed by atoms with van der Waals surface area (Å²) in [6.07, 6.45) is 0.877. The molecule has 5 heteroatoms. The van der Waals surface area contributed by atoms with Crippen molar-refractivity contribution in [3.8, 4) is 0 Å². The van der Waals surface area contributed by atoms with Gasteiger partial charge in [-0.1, -0.05) is 0 Å². The van der Waals surface area contributed by atoms with Gasteiger partial charge in [0, 0.05) is 0 Å². The Bertz CT molecular complexity index is 149. The quantitative estimate of drug-likeness (QED) is 0.707. The van der Waals surface area contributed by atoms with Gasteiger partial charge in [0.05, 0.1) is 0 Å². The Kier molecular flexibility index (Phi) is 5.45. The first-order valence-electron chi connectivity index (χ1n) is 2.73. The number of nitrogens with zero attached hydrogens (tertiary/aromatic N) is 1. The number of nitrogens with one attached hydrogen (secondary N) is 1. The van der Waals surface area contributed by atoms with E-state index in [0.717, 1.165) is 19.6 Å². The van der Waals surface area contributed by atoms with Crippen molar-refractivity contribution in [3.63, 3.8) is 0 Å². The summed E-state index contributed by atoms with van der Waals surface area (Å²) in [5.41, 5.74) is 0. The average molecular weight is 312 g/mol. The van der Waals surface area contributed by atoms with Gasteiger partial charge in [-0.15, -0.1) is 0 Å². The van der Waals surface area contributed by atoms with Crippen molar-refractivity contribution in [1.82, 2.24) is 5.32 Å². The van der Waals surface area contributed by atoms with Gasteiger partial charge in [-0.05, 0) is 0 Å². The maximum absolute atomic E-state index is 10.6. The van der Waals surface area contributed by atoms with Gasteiger partial charge in [0.25, 0.3) is 0 Å². The number of likely N-dealkylation sites (N-methyl/N-ethyl adjacent to an activating group) is 1. The van der Waals surface area contributed by atoms with E-state index < -0.39 is 0 Å². The summed E-state index contributed by atoms with van der Waals surface area (Å²) in [5.74, 6) is -0.221. The fourth-order valence-corrected chi connectivity index (χ4v) is 0.711. The normalized spacial score (nSPS) is 12.1. The molecule has 0 aliphatic heterocycles. The van der Waals surface area contributed by atoms with Crippen LogP contribution in [-0.4, -0.2) is 25.3 Å². The SMILES string of the molecule is CNC(C=O)CC(=O)[N]=[W]. The van der Waals surface area contributed by atoms with E-state index in [4.69, 9.17) is 0 Å². The molecule has 0 aliphatic carbocycles. The number of carbonyl (C=O) groups excluding carboxylic acids is 2. The van der Waals surface area contributed by atoms with Crippen molar-refractivity contribution in [2.75, 3.05) is 7.05 Å². The van der Waals surface area contributed by atoms with E-state index in [2.05, 4.69) is 8.81 Å². The van der Waals surface area contributed by atoms with Crippen LogP contribution in [0.15, 0.2) is 3.50 Å². The van der Waals surface area contributed by atoms with Crippen LogP contribution < -0.4 is 5.32 Å². The third-order valence-corrected chi connectivity index (χ3v) is 1.76. The van der Waals surface area contributed by atoms with Crippen LogP contribution in [0, 0.1) is 0 Å². The minimum absolute atomic E-state index is 0.170. The van der Waals surface area contributed by atoms with Crippen molar-refractivity contribution in [1.29, 1.82) is 0 Å². The minimum atomic E-state index is -0.379. The molecule has 10 heavy (non-hydrogen) atoms. The number of amides is 1.